The lowest BCUT2D eigenvalue weighted by molar-refractivity contribution is -0.0295. The van der Waals surface area contributed by atoms with E-state index in [1.54, 1.807) is 0 Å². The molecule has 28 heavy (non-hydrogen) atoms. The molecule has 0 aromatic heterocycles. The van der Waals surface area contributed by atoms with Crippen LogP contribution in [0, 0.1) is 17.8 Å². The molecule has 4 nitrogen and oxygen atoms in total. The first-order chi connectivity index (χ1) is 13.6. The number of hydrogen-bond donors (Lipinski definition) is 1. The second-order valence-corrected chi connectivity index (χ2v) is 7.55. The van der Waals surface area contributed by atoms with E-state index >= 15 is 0 Å². The predicted molar refractivity (Wildman–Crippen MR) is 112 cm³/mol. The average molecular weight is 377 g/mol. The van der Waals surface area contributed by atoms with Crippen molar-refractivity contribution in [3.63, 3.8) is 0 Å². The van der Waals surface area contributed by atoms with Crippen LogP contribution in [0.2, 0.25) is 0 Å². The summed E-state index contributed by atoms with van der Waals surface area (Å²) in [5.74, 6) is 6.81. The van der Waals surface area contributed by atoms with Crippen molar-refractivity contribution in [3.05, 3.63) is 71.3 Å². The molecule has 0 aliphatic carbocycles. The van der Waals surface area contributed by atoms with E-state index in [1.165, 1.54) is 0 Å². The van der Waals surface area contributed by atoms with Gasteiger partial charge in [-0.15, -0.1) is 0 Å². The molecule has 1 fully saturated rings. The number of benzene rings is 2. The molecule has 3 rings (SSSR count). The fourth-order valence-electron chi connectivity index (χ4n) is 3.27. The third kappa shape index (κ3) is 6.23. The molecule has 146 valence electrons. The fraction of sp³-hybridized carbons (Fsp3) is 0.375. The molecule has 1 aliphatic rings. The summed E-state index contributed by atoms with van der Waals surface area (Å²) in [5.41, 5.74) is 2.50. The summed E-state index contributed by atoms with van der Waals surface area (Å²) < 4.78 is 5.79. The van der Waals surface area contributed by atoms with Crippen LogP contribution in [0.3, 0.4) is 0 Å². The van der Waals surface area contributed by atoms with Gasteiger partial charge in [0.1, 0.15) is 0 Å². The first-order valence-corrected chi connectivity index (χ1v) is 9.89. The molecular weight excluding hydrogens is 348 g/mol. The van der Waals surface area contributed by atoms with E-state index in [0.717, 1.165) is 37.4 Å². The van der Waals surface area contributed by atoms with Gasteiger partial charge < -0.3 is 10.1 Å². The molecule has 1 atom stereocenters. The molecular formula is C24H28N2O2. The lowest BCUT2D eigenvalue weighted by Gasteiger charge is -2.33. The topological polar surface area (TPSA) is 41.6 Å². The van der Waals surface area contributed by atoms with Crippen LogP contribution >= 0.6 is 0 Å². The van der Waals surface area contributed by atoms with Crippen molar-refractivity contribution >= 4 is 5.91 Å². The maximum Gasteiger partial charge on any atom is 0.251 e. The van der Waals surface area contributed by atoms with Gasteiger partial charge in [0, 0.05) is 42.9 Å². The first kappa shape index (κ1) is 20.1. The van der Waals surface area contributed by atoms with Crippen molar-refractivity contribution in [2.45, 2.75) is 20.0 Å². The molecule has 0 spiro atoms. The minimum absolute atomic E-state index is 0.0486. The summed E-state index contributed by atoms with van der Waals surface area (Å²) in [6.07, 6.45) is 0.0486. The largest absolute Gasteiger partial charge is 0.374 e. The Labute approximate surface area is 167 Å². The van der Waals surface area contributed by atoms with E-state index in [-0.39, 0.29) is 12.0 Å². The van der Waals surface area contributed by atoms with Gasteiger partial charge in [-0.3, -0.25) is 9.69 Å². The van der Waals surface area contributed by atoms with Crippen molar-refractivity contribution in [1.29, 1.82) is 0 Å². The Bertz CT molecular complexity index is 819. The van der Waals surface area contributed by atoms with Crippen LogP contribution in [0.1, 0.15) is 35.3 Å². The van der Waals surface area contributed by atoms with Gasteiger partial charge >= 0.3 is 0 Å². The maximum absolute atomic E-state index is 12.4. The summed E-state index contributed by atoms with van der Waals surface area (Å²) in [6, 6.07) is 17.3. The predicted octanol–water partition coefficient (Wildman–Crippen LogP) is 3.17. The molecule has 1 unspecified atom stereocenters. The van der Waals surface area contributed by atoms with Crippen molar-refractivity contribution in [2.75, 3.05) is 32.8 Å². The molecule has 0 bridgehead atoms. The molecule has 1 heterocycles. The Kier molecular flexibility index (Phi) is 7.25. The zero-order chi connectivity index (χ0) is 19.8. The highest BCUT2D eigenvalue weighted by atomic mass is 16.5. The molecule has 1 aliphatic heterocycles. The van der Waals surface area contributed by atoms with E-state index < -0.39 is 0 Å². The van der Waals surface area contributed by atoms with Crippen LogP contribution < -0.4 is 5.32 Å². The van der Waals surface area contributed by atoms with Crippen molar-refractivity contribution in [3.8, 4) is 11.8 Å². The Balaban J connectivity index is 1.50. The molecule has 0 radical (unpaired) electrons. The van der Waals surface area contributed by atoms with Gasteiger partial charge in [-0.1, -0.05) is 43.9 Å². The van der Waals surface area contributed by atoms with Gasteiger partial charge in [-0.2, -0.15) is 0 Å². The number of morpholine rings is 1. The zero-order valence-electron chi connectivity index (χ0n) is 16.7. The van der Waals surface area contributed by atoms with Crippen LogP contribution in [0.5, 0.6) is 0 Å². The number of rotatable bonds is 5. The van der Waals surface area contributed by atoms with Crippen LogP contribution in [-0.2, 0) is 4.74 Å². The van der Waals surface area contributed by atoms with E-state index in [0.29, 0.717) is 18.0 Å². The minimum atomic E-state index is -0.0767. The number of amides is 1. The average Bonchev–Trinajstić information content (AvgIpc) is 2.71. The second-order valence-electron chi connectivity index (χ2n) is 7.55. The van der Waals surface area contributed by atoms with Gasteiger partial charge in [0.15, 0.2) is 0 Å². The van der Waals surface area contributed by atoms with Gasteiger partial charge in [0.05, 0.1) is 12.7 Å². The Morgan fingerprint density at radius 3 is 2.46 bits per heavy atom. The SMILES string of the molecule is CC(C)CN1CCOC(CNC(=O)c2ccc(C#Cc3ccccc3)cc2)C1. The number of nitrogens with one attached hydrogen (secondary N) is 1. The number of carbonyl (C=O) groups excluding carboxylic acids is 1. The number of nitrogens with zero attached hydrogens (tertiary/aromatic N) is 1. The van der Waals surface area contributed by atoms with E-state index in [9.17, 15) is 4.79 Å². The zero-order valence-corrected chi connectivity index (χ0v) is 16.7. The number of hydrogen-bond acceptors (Lipinski definition) is 3. The number of carbonyl (C=O) groups is 1. The quantitative estimate of drug-likeness (QED) is 0.815. The van der Waals surface area contributed by atoms with Gasteiger partial charge in [0.25, 0.3) is 5.91 Å². The molecule has 4 heteroatoms. The van der Waals surface area contributed by atoms with Gasteiger partial charge in [-0.25, -0.2) is 0 Å². The lowest BCUT2D eigenvalue weighted by Crippen LogP contribution is -2.48. The van der Waals surface area contributed by atoms with Crippen molar-refractivity contribution in [1.82, 2.24) is 10.2 Å². The van der Waals surface area contributed by atoms with E-state index in [4.69, 9.17) is 4.74 Å². The standard InChI is InChI=1S/C24H28N2O2/c1-19(2)17-26-14-15-28-23(18-26)16-25-24(27)22-12-10-21(11-13-22)9-8-20-6-4-3-5-7-20/h3-7,10-13,19,23H,14-18H2,1-2H3,(H,25,27). The lowest BCUT2D eigenvalue weighted by atomic mass is 10.1. The van der Waals surface area contributed by atoms with Crippen molar-refractivity contribution < 1.29 is 9.53 Å². The molecule has 2 aromatic rings. The highest BCUT2D eigenvalue weighted by Gasteiger charge is 2.21. The summed E-state index contributed by atoms with van der Waals surface area (Å²) in [6.45, 7) is 8.60. The normalized spacial score (nSPS) is 17.0. The third-order valence-corrected chi connectivity index (χ3v) is 4.61. The number of ether oxygens (including phenoxy) is 1. The Morgan fingerprint density at radius 1 is 1.11 bits per heavy atom. The van der Waals surface area contributed by atoms with Crippen LogP contribution in [0.15, 0.2) is 54.6 Å². The highest BCUT2D eigenvalue weighted by molar-refractivity contribution is 5.94. The molecule has 0 saturated carbocycles. The van der Waals surface area contributed by atoms with Gasteiger partial charge in [-0.05, 0) is 42.3 Å². The van der Waals surface area contributed by atoms with Crippen LogP contribution in [-0.4, -0.2) is 49.7 Å². The smallest absolute Gasteiger partial charge is 0.251 e. The molecule has 1 saturated heterocycles. The molecule has 1 N–H and O–H groups in total. The molecule has 2 aromatic carbocycles. The summed E-state index contributed by atoms with van der Waals surface area (Å²) in [5, 5.41) is 2.99. The van der Waals surface area contributed by atoms with E-state index in [1.807, 2.05) is 54.6 Å². The fourth-order valence-corrected chi connectivity index (χ4v) is 3.27. The molecule has 1 amide bonds. The van der Waals surface area contributed by atoms with Crippen LogP contribution in [0.25, 0.3) is 0 Å². The highest BCUT2D eigenvalue weighted by Crippen LogP contribution is 2.08. The van der Waals surface area contributed by atoms with Gasteiger partial charge in [0.2, 0.25) is 0 Å². The van der Waals surface area contributed by atoms with E-state index in [2.05, 4.69) is 35.9 Å². The maximum atomic E-state index is 12.4. The minimum Gasteiger partial charge on any atom is -0.374 e. The van der Waals surface area contributed by atoms with Crippen molar-refractivity contribution in [2.24, 2.45) is 5.92 Å². The second kappa shape index (κ2) is 10.1. The van der Waals surface area contributed by atoms with Crippen LogP contribution in [0.4, 0.5) is 0 Å². The monoisotopic (exact) mass is 376 g/mol. The summed E-state index contributed by atoms with van der Waals surface area (Å²) >= 11 is 0. The Morgan fingerprint density at radius 2 is 1.79 bits per heavy atom. The Hall–Kier alpha value is -2.61. The third-order valence-electron chi connectivity index (χ3n) is 4.61. The summed E-state index contributed by atoms with van der Waals surface area (Å²) in [4.78, 5) is 14.8. The summed E-state index contributed by atoms with van der Waals surface area (Å²) in [7, 11) is 0. The first-order valence-electron chi connectivity index (χ1n) is 9.89.